The predicted octanol–water partition coefficient (Wildman–Crippen LogP) is 4.71. The number of imide groups is 1. The van der Waals surface area contributed by atoms with Gasteiger partial charge in [-0.3, -0.25) is 33.9 Å². The number of anilines is 2. The summed E-state index contributed by atoms with van der Waals surface area (Å²) in [6.07, 6.45) is 9.32. The lowest BCUT2D eigenvalue weighted by molar-refractivity contribution is -0.126. The maximum absolute atomic E-state index is 13.3. The summed E-state index contributed by atoms with van der Waals surface area (Å²) in [5.41, 5.74) is 10.2. The lowest BCUT2D eigenvalue weighted by Gasteiger charge is -2.42. The van der Waals surface area contributed by atoms with E-state index in [2.05, 4.69) is 53.6 Å². The zero-order valence-corrected chi connectivity index (χ0v) is 37.2. The van der Waals surface area contributed by atoms with Gasteiger partial charge in [0, 0.05) is 75.3 Å². The van der Waals surface area contributed by atoms with Gasteiger partial charge in [-0.2, -0.15) is 0 Å². The number of nitrogens with zero attached hydrogens (tertiary/aromatic N) is 6. The van der Waals surface area contributed by atoms with E-state index < -0.39 is 17.9 Å². The minimum Gasteiger partial charge on any atom is -0.457 e. The van der Waals surface area contributed by atoms with Gasteiger partial charge in [0.2, 0.25) is 11.8 Å². The molecule has 4 amide bonds. The van der Waals surface area contributed by atoms with Crippen LogP contribution in [-0.4, -0.2) is 144 Å². The fourth-order valence-electron chi connectivity index (χ4n) is 9.74. The molecule has 0 bridgehead atoms. The molecule has 3 fully saturated rings. The lowest BCUT2D eigenvalue weighted by Crippen LogP contribution is -2.52. The summed E-state index contributed by atoms with van der Waals surface area (Å²) in [6.45, 7) is 7.61. The Labute approximate surface area is 383 Å². The SMILES string of the molecule is Nc1ncnc2c1c(-c1ccc(Oc3ccccc3)cc1)cn2[C@H]1CC[C@@H](N2CCN(CCOCCOCCNC(=O)CNc3cccc4c3C(=O)N(C3CCCNC3=O)C4=O)CC2)CC1. The molecule has 17 heteroatoms. The number of amides is 4. The monoisotopic (exact) mass is 898 g/mol. The fourth-order valence-corrected chi connectivity index (χ4v) is 9.74. The number of carbonyl (C=O) groups is 4. The number of hydrogen-bond donors (Lipinski definition) is 4. The fraction of sp³-hybridized carbons (Fsp3) is 0.429. The Hall–Kier alpha value is -6.40. The Kier molecular flexibility index (Phi) is 14.1. The van der Waals surface area contributed by atoms with E-state index in [1.807, 2.05) is 42.5 Å². The van der Waals surface area contributed by atoms with E-state index in [-0.39, 0.29) is 29.5 Å². The Morgan fingerprint density at radius 2 is 1.52 bits per heavy atom. The molecular weight excluding hydrogens is 841 g/mol. The molecule has 0 radical (unpaired) electrons. The molecule has 0 spiro atoms. The van der Waals surface area contributed by atoms with Crippen LogP contribution in [0.1, 0.15) is 65.3 Å². The third-order valence-electron chi connectivity index (χ3n) is 13.2. The molecule has 1 atom stereocenters. The van der Waals surface area contributed by atoms with E-state index in [1.54, 1.807) is 24.5 Å². The first-order chi connectivity index (χ1) is 32.3. The van der Waals surface area contributed by atoms with E-state index in [9.17, 15) is 19.2 Å². The number of ether oxygens (including phenoxy) is 3. The highest BCUT2D eigenvalue weighted by Gasteiger charge is 2.44. The molecule has 346 valence electrons. The molecule has 9 rings (SSSR count). The molecule has 1 saturated carbocycles. The van der Waals surface area contributed by atoms with Crippen molar-refractivity contribution in [1.29, 1.82) is 0 Å². The molecule has 17 nitrogen and oxygen atoms in total. The van der Waals surface area contributed by atoms with Crippen LogP contribution in [0.2, 0.25) is 0 Å². The van der Waals surface area contributed by atoms with Gasteiger partial charge in [0.1, 0.15) is 35.3 Å². The number of nitrogen functional groups attached to an aromatic ring is 1. The summed E-state index contributed by atoms with van der Waals surface area (Å²) in [7, 11) is 0. The van der Waals surface area contributed by atoms with Gasteiger partial charge < -0.3 is 40.5 Å². The number of nitrogens with one attached hydrogen (secondary N) is 3. The zero-order valence-electron chi connectivity index (χ0n) is 37.2. The maximum atomic E-state index is 13.3. The quantitative estimate of drug-likeness (QED) is 0.0698. The molecule has 1 aliphatic carbocycles. The second-order valence-electron chi connectivity index (χ2n) is 17.3. The molecule has 3 aromatic carbocycles. The average molecular weight is 899 g/mol. The molecule has 5 heterocycles. The molecule has 2 aromatic heterocycles. The summed E-state index contributed by atoms with van der Waals surface area (Å²) in [5, 5.41) is 9.41. The Morgan fingerprint density at radius 3 is 2.29 bits per heavy atom. The van der Waals surface area contributed by atoms with E-state index in [1.165, 1.54) is 0 Å². The Bertz CT molecular complexity index is 2500. The van der Waals surface area contributed by atoms with Crippen molar-refractivity contribution >= 4 is 46.2 Å². The van der Waals surface area contributed by atoms with Crippen LogP contribution in [0.5, 0.6) is 11.5 Å². The van der Waals surface area contributed by atoms with E-state index >= 15 is 0 Å². The van der Waals surface area contributed by atoms with Gasteiger partial charge >= 0.3 is 0 Å². The van der Waals surface area contributed by atoms with Gasteiger partial charge in [-0.25, -0.2) is 9.97 Å². The first kappa shape index (κ1) is 44.8. The highest BCUT2D eigenvalue weighted by Crippen LogP contribution is 2.40. The summed E-state index contributed by atoms with van der Waals surface area (Å²) in [6, 6.07) is 22.8. The van der Waals surface area contributed by atoms with Gasteiger partial charge in [-0.1, -0.05) is 36.4 Å². The van der Waals surface area contributed by atoms with Crippen LogP contribution >= 0.6 is 0 Å². The van der Waals surface area contributed by atoms with Crippen LogP contribution in [-0.2, 0) is 19.1 Å². The van der Waals surface area contributed by atoms with Crippen LogP contribution in [0, 0.1) is 0 Å². The van der Waals surface area contributed by atoms with Crippen LogP contribution in [0.3, 0.4) is 0 Å². The third kappa shape index (κ3) is 10.0. The van der Waals surface area contributed by atoms with Crippen molar-refractivity contribution in [3.63, 3.8) is 0 Å². The summed E-state index contributed by atoms with van der Waals surface area (Å²) in [4.78, 5) is 66.6. The van der Waals surface area contributed by atoms with Crippen LogP contribution in [0.25, 0.3) is 22.2 Å². The number of hydrogen-bond acceptors (Lipinski definition) is 13. The molecule has 5 aromatic rings. The van der Waals surface area contributed by atoms with Gasteiger partial charge in [0.25, 0.3) is 11.8 Å². The highest BCUT2D eigenvalue weighted by molar-refractivity contribution is 6.25. The van der Waals surface area contributed by atoms with E-state index in [0.29, 0.717) is 75.9 Å². The number of benzene rings is 3. The first-order valence-electron chi connectivity index (χ1n) is 23.2. The minimum absolute atomic E-state index is 0.0935. The molecule has 1 unspecified atom stereocenters. The molecule has 66 heavy (non-hydrogen) atoms. The molecule has 2 saturated heterocycles. The van der Waals surface area contributed by atoms with Crippen LogP contribution in [0.15, 0.2) is 85.3 Å². The van der Waals surface area contributed by atoms with Gasteiger partial charge in [0.15, 0.2) is 0 Å². The van der Waals surface area contributed by atoms with Gasteiger partial charge in [-0.05, 0) is 80.5 Å². The van der Waals surface area contributed by atoms with Crippen molar-refractivity contribution in [2.45, 2.75) is 56.7 Å². The van der Waals surface area contributed by atoms with Crippen molar-refractivity contribution in [2.24, 2.45) is 0 Å². The average Bonchev–Trinajstić information content (AvgIpc) is 3.86. The van der Waals surface area contributed by atoms with Gasteiger partial charge in [-0.15, -0.1) is 0 Å². The van der Waals surface area contributed by atoms with Crippen molar-refractivity contribution in [2.75, 3.05) is 89.8 Å². The first-order valence-corrected chi connectivity index (χ1v) is 23.2. The Balaban J connectivity index is 0.640. The van der Waals surface area contributed by atoms with E-state index in [0.717, 1.165) is 97.0 Å². The number of fused-ring (bicyclic) bond motifs is 2. The van der Waals surface area contributed by atoms with Crippen LogP contribution < -0.4 is 26.4 Å². The maximum Gasteiger partial charge on any atom is 0.264 e. The van der Waals surface area contributed by atoms with E-state index in [4.69, 9.17) is 24.9 Å². The van der Waals surface area contributed by atoms with Crippen molar-refractivity contribution in [1.82, 2.24) is 39.9 Å². The molecule has 3 aliphatic heterocycles. The summed E-state index contributed by atoms with van der Waals surface area (Å²) >= 11 is 0. The predicted molar refractivity (Wildman–Crippen MR) is 249 cm³/mol. The van der Waals surface area contributed by atoms with Crippen molar-refractivity contribution in [3.05, 3.63) is 96.4 Å². The number of piperazine rings is 1. The molecular formula is C49H58N10O7. The largest absolute Gasteiger partial charge is 0.457 e. The van der Waals surface area contributed by atoms with Crippen LogP contribution in [0.4, 0.5) is 11.5 Å². The molecule has 5 N–H and O–H groups in total. The number of piperidine rings is 1. The second kappa shape index (κ2) is 20.8. The second-order valence-corrected chi connectivity index (χ2v) is 17.3. The smallest absolute Gasteiger partial charge is 0.264 e. The number of nitrogens with two attached hydrogens (primary N) is 1. The normalized spacial score (nSPS) is 20.3. The topological polar surface area (TPSA) is 199 Å². The number of aromatic nitrogens is 3. The zero-order chi connectivity index (χ0) is 45.4. The summed E-state index contributed by atoms with van der Waals surface area (Å²) in [5.74, 6) is 0.428. The van der Waals surface area contributed by atoms with Crippen molar-refractivity contribution in [3.8, 4) is 22.6 Å². The lowest BCUT2D eigenvalue weighted by atomic mass is 9.89. The number of carbonyl (C=O) groups excluding carboxylic acids is 4. The van der Waals surface area contributed by atoms with Gasteiger partial charge in [0.05, 0.1) is 49.5 Å². The standard InChI is InChI=1S/C49H58N10O7/c50-45-44-39(33-11-17-37(18-12-33)66-36-6-2-1-3-7-36)31-58(46(44)55-32-54-45)35-15-13-34(14-16-35)57-23-21-56(22-24-57)25-27-65-29-28-64-26-20-51-42(60)30-53-40-9-4-8-38-43(40)49(63)59(48(38)62)41-10-5-19-52-47(41)61/h1-4,6-9,11-12,17-18,31-32,34-35,41,53H,5,10,13-16,19-30H2,(H,51,60)(H,52,61)(H2,50,54,55)/t34-,35+,41?. The Morgan fingerprint density at radius 1 is 0.773 bits per heavy atom. The number of para-hydroxylation sites is 1. The number of rotatable bonds is 18. The third-order valence-corrected chi connectivity index (χ3v) is 13.2. The highest BCUT2D eigenvalue weighted by atomic mass is 16.5. The summed E-state index contributed by atoms with van der Waals surface area (Å²) < 4.78 is 19.9. The van der Waals surface area contributed by atoms with Crippen molar-refractivity contribution < 1.29 is 33.4 Å². The minimum atomic E-state index is -0.830. The molecule has 4 aliphatic rings.